The van der Waals surface area contributed by atoms with Gasteiger partial charge in [-0.1, -0.05) is 18.2 Å². The number of nitrogens with zero attached hydrogens (tertiary/aromatic N) is 2. The normalized spacial score (nSPS) is 13.4. The molecule has 1 aliphatic rings. The Morgan fingerprint density at radius 3 is 2.70 bits per heavy atom. The predicted molar refractivity (Wildman–Crippen MR) is 96.5 cm³/mol. The summed E-state index contributed by atoms with van der Waals surface area (Å²) < 4.78 is 14.4. The van der Waals surface area contributed by atoms with Crippen LogP contribution in [0.15, 0.2) is 48.8 Å². The van der Waals surface area contributed by atoms with Crippen molar-refractivity contribution in [2.45, 2.75) is 6.54 Å². The van der Waals surface area contributed by atoms with Crippen LogP contribution < -0.4 is 5.32 Å². The molecule has 0 saturated carbocycles. The first-order chi connectivity index (χ1) is 13.0. The molecule has 0 unspecified atom stereocenters. The molecule has 27 heavy (non-hydrogen) atoms. The third-order valence-corrected chi connectivity index (χ3v) is 4.40. The van der Waals surface area contributed by atoms with Gasteiger partial charge in [0, 0.05) is 23.1 Å². The number of aromatic amines is 1. The minimum atomic E-state index is -1.18. The van der Waals surface area contributed by atoms with E-state index in [-0.39, 0.29) is 24.4 Å². The molecule has 0 spiro atoms. The van der Waals surface area contributed by atoms with E-state index in [1.165, 1.54) is 12.3 Å². The van der Waals surface area contributed by atoms with Crippen molar-refractivity contribution in [3.8, 4) is 11.3 Å². The second kappa shape index (κ2) is 6.56. The van der Waals surface area contributed by atoms with Crippen molar-refractivity contribution in [1.82, 2.24) is 14.9 Å². The molecule has 3 heterocycles. The van der Waals surface area contributed by atoms with Gasteiger partial charge in [-0.05, 0) is 18.2 Å². The molecule has 7 nitrogen and oxygen atoms in total. The van der Waals surface area contributed by atoms with Crippen molar-refractivity contribution in [3.05, 3.63) is 65.9 Å². The Labute approximate surface area is 153 Å². The summed E-state index contributed by atoms with van der Waals surface area (Å²) in [6.45, 7) is -0.228. The fraction of sp³-hybridized carbons (Fsp3) is 0.105. The number of carboxylic acid groups (broad SMARTS) is 1. The molecule has 8 heteroatoms. The van der Waals surface area contributed by atoms with Gasteiger partial charge in [0.25, 0.3) is 0 Å². The zero-order chi connectivity index (χ0) is 19.0. The average Bonchev–Trinajstić information content (AvgIpc) is 3.01. The molecule has 0 aliphatic carbocycles. The van der Waals surface area contributed by atoms with Gasteiger partial charge in [0.1, 0.15) is 0 Å². The third-order valence-electron chi connectivity index (χ3n) is 4.40. The van der Waals surface area contributed by atoms with Crippen LogP contribution in [-0.4, -0.2) is 38.4 Å². The number of halogens is 1. The van der Waals surface area contributed by atoms with Crippen molar-refractivity contribution >= 4 is 23.3 Å². The smallest absolute Gasteiger partial charge is 0.408 e. The van der Waals surface area contributed by atoms with E-state index in [9.17, 15) is 19.1 Å². The Hall–Kier alpha value is -3.68. The number of para-hydroxylation sites is 1. The van der Waals surface area contributed by atoms with Crippen LogP contribution in [0.3, 0.4) is 0 Å². The highest BCUT2D eigenvalue weighted by Gasteiger charge is 2.33. The number of anilines is 2. The van der Waals surface area contributed by atoms with Crippen molar-refractivity contribution in [2.24, 2.45) is 0 Å². The highest BCUT2D eigenvalue weighted by atomic mass is 19.1. The lowest BCUT2D eigenvalue weighted by Gasteiger charge is -2.23. The van der Waals surface area contributed by atoms with Gasteiger partial charge in [-0.3, -0.25) is 14.7 Å². The number of hydrogen-bond acceptors (Lipinski definition) is 4. The van der Waals surface area contributed by atoms with Crippen LogP contribution in [0.2, 0.25) is 0 Å². The number of H-pyrrole nitrogens is 1. The zero-order valence-corrected chi connectivity index (χ0v) is 14.1. The molecule has 1 aliphatic heterocycles. The molecule has 1 aromatic carbocycles. The molecule has 4 rings (SSSR count). The first kappa shape index (κ1) is 16.8. The van der Waals surface area contributed by atoms with Crippen LogP contribution in [-0.2, 0) is 6.54 Å². The highest BCUT2D eigenvalue weighted by Crippen LogP contribution is 2.38. The molecular formula is C19H15FN4O3. The summed E-state index contributed by atoms with van der Waals surface area (Å²) in [4.78, 5) is 31.8. The molecule has 136 valence electrons. The van der Waals surface area contributed by atoms with E-state index in [0.29, 0.717) is 22.6 Å². The van der Waals surface area contributed by atoms with Gasteiger partial charge < -0.3 is 15.4 Å². The standard InChI is InChI=1S/C19H15FN4O3/c20-13-8-21-7-6-12(13)17-18(22-11-4-2-1-3-5-11)16-14(23-17)9-24(19(26)27)10-15(16)25/h1-8,22-23H,9-10H2,(H,26,27). The monoisotopic (exact) mass is 366 g/mol. The number of pyridine rings is 1. The fourth-order valence-electron chi connectivity index (χ4n) is 3.18. The number of carbonyl (C=O) groups excluding carboxylic acids is 1. The number of aromatic nitrogens is 2. The lowest BCUT2D eigenvalue weighted by atomic mass is 10.0. The minimum Gasteiger partial charge on any atom is -0.465 e. The van der Waals surface area contributed by atoms with Crippen molar-refractivity contribution in [1.29, 1.82) is 0 Å². The van der Waals surface area contributed by atoms with Gasteiger partial charge in [-0.2, -0.15) is 0 Å². The summed E-state index contributed by atoms with van der Waals surface area (Å²) in [6, 6.07) is 10.7. The van der Waals surface area contributed by atoms with E-state index in [0.717, 1.165) is 16.8 Å². The van der Waals surface area contributed by atoms with E-state index in [1.807, 2.05) is 30.3 Å². The maximum absolute atomic E-state index is 14.4. The summed E-state index contributed by atoms with van der Waals surface area (Å²) in [5.74, 6) is -0.899. The molecule has 3 N–H and O–H groups in total. The third kappa shape index (κ3) is 3.01. The van der Waals surface area contributed by atoms with Crippen LogP contribution in [0.1, 0.15) is 16.1 Å². The topological polar surface area (TPSA) is 98.3 Å². The minimum absolute atomic E-state index is 0.0204. The van der Waals surface area contributed by atoms with Crippen molar-refractivity contribution in [2.75, 3.05) is 11.9 Å². The average molecular weight is 366 g/mol. The van der Waals surface area contributed by atoms with Crippen LogP contribution in [0.5, 0.6) is 0 Å². The van der Waals surface area contributed by atoms with E-state index < -0.39 is 11.9 Å². The van der Waals surface area contributed by atoms with Gasteiger partial charge in [0.15, 0.2) is 11.6 Å². The van der Waals surface area contributed by atoms with Crippen LogP contribution >= 0.6 is 0 Å². The van der Waals surface area contributed by atoms with Gasteiger partial charge in [-0.15, -0.1) is 0 Å². The Morgan fingerprint density at radius 1 is 1.22 bits per heavy atom. The number of ketones is 1. The molecule has 0 atom stereocenters. The number of nitrogens with one attached hydrogen (secondary N) is 2. The van der Waals surface area contributed by atoms with E-state index in [4.69, 9.17) is 0 Å². The van der Waals surface area contributed by atoms with Crippen LogP contribution in [0.4, 0.5) is 20.6 Å². The first-order valence-corrected chi connectivity index (χ1v) is 8.22. The molecular weight excluding hydrogens is 351 g/mol. The second-order valence-electron chi connectivity index (χ2n) is 6.14. The maximum atomic E-state index is 14.4. The number of carbonyl (C=O) groups is 2. The van der Waals surface area contributed by atoms with Crippen LogP contribution in [0.25, 0.3) is 11.3 Å². The van der Waals surface area contributed by atoms with Gasteiger partial charge in [0.05, 0.1) is 36.2 Å². The molecule has 0 saturated heterocycles. The van der Waals surface area contributed by atoms with Gasteiger partial charge in [0.2, 0.25) is 0 Å². The molecule has 2 aromatic heterocycles. The number of amides is 1. The van der Waals surface area contributed by atoms with Crippen LogP contribution in [0, 0.1) is 5.82 Å². The Kier molecular flexibility index (Phi) is 4.08. The Bertz CT molecular complexity index is 1030. The molecule has 0 bridgehead atoms. The molecule has 3 aromatic rings. The molecule has 0 fully saturated rings. The SMILES string of the molecule is O=C1CN(C(=O)O)Cc2[nH]c(-c3ccncc3F)c(Nc3ccccc3)c21. The summed E-state index contributed by atoms with van der Waals surface area (Å²) in [7, 11) is 0. The molecule has 0 radical (unpaired) electrons. The van der Waals surface area contributed by atoms with E-state index in [1.54, 1.807) is 0 Å². The number of rotatable bonds is 3. The summed E-state index contributed by atoms with van der Waals surface area (Å²) in [5, 5.41) is 12.4. The lowest BCUT2D eigenvalue weighted by molar-refractivity contribution is 0.0874. The predicted octanol–water partition coefficient (Wildman–Crippen LogP) is 3.64. The van der Waals surface area contributed by atoms with Crippen molar-refractivity contribution in [3.63, 3.8) is 0 Å². The van der Waals surface area contributed by atoms with E-state index >= 15 is 0 Å². The largest absolute Gasteiger partial charge is 0.465 e. The fourth-order valence-corrected chi connectivity index (χ4v) is 3.18. The maximum Gasteiger partial charge on any atom is 0.408 e. The number of hydrogen-bond donors (Lipinski definition) is 3. The van der Waals surface area contributed by atoms with Crippen molar-refractivity contribution < 1.29 is 19.1 Å². The number of benzene rings is 1. The summed E-state index contributed by atoms with van der Waals surface area (Å²) >= 11 is 0. The number of Topliss-reactive ketones (excluding diaryl/α,β-unsaturated/α-hetero) is 1. The highest BCUT2D eigenvalue weighted by molar-refractivity contribution is 6.09. The Morgan fingerprint density at radius 2 is 2.00 bits per heavy atom. The Balaban J connectivity index is 1.88. The lowest BCUT2D eigenvalue weighted by Crippen LogP contribution is -2.38. The molecule has 1 amide bonds. The quantitative estimate of drug-likeness (QED) is 0.657. The first-order valence-electron chi connectivity index (χ1n) is 8.22. The zero-order valence-electron chi connectivity index (χ0n) is 14.1. The summed E-state index contributed by atoms with van der Waals surface area (Å²) in [5.41, 5.74) is 2.55. The number of fused-ring (bicyclic) bond motifs is 1. The van der Waals surface area contributed by atoms with Gasteiger partial charge >= 0.3 is 6.09 Å². The van der Waals surface area contributed by atoms with Gasteiger partial charge in [-0.25, -0.2) is 9.18 Å². The summed E-state index contributed by atoms with van der Waals surface area (Å²) in [6.07, 6.45) is 1.36. The second-order valence-corrected chi connectivity index (χ2v) is 6.14. The van der Waals surface area contributed by atoms with E-state index in [2.05, 4.69) is 15.3 Å².